The Morgan fingerprint density at radius 3 is 2.80 bits per heavy atom. The van der Waals surface area contributed by atoms with Gasteiger partial charge in [-0.15, -0.1) is 0 Å². The highest BCUT2D eigenvalue weighted by molar-refractivity contribution is 5.79. The molecule has 0 saturated heterocycles. The molecular weight excluding hydrogens is 130 g/mol. The van der Waals surface area contributed by atoms with Gasteiger partial charge in [0.1, 0.15) is 0 Å². The summed E-state index contributed by atoms with van der Waals surface area (Å²) >= 11 is 0. The highest BCUT2D eigenvalue weighted by Crippen LogP contribution is 2.28. The fourth-order valence-electron chi connectivity index (χ4n) is 0.797. The second-order valence-electron chi connectivity index (χ2n) is 2.66. The maximum absolute atomic E-state index is 9.96. The van der Waals surface area contributed by atoms with Gasteiger partial charge in [-0.1, -0.05) is 6.92 Å². The molecular formula is C7H11NO2. The number of aliphatic carboxylic acids is 1. The van der Waals surface area contributed by atoms with Crippen LogP contribution in [0.25, 0.3) is 0 Å². The third-order valence-electron chi connectivity index (χ3n) is 1.65. The van der Waals surface area contributed by atoms with Crippen molar-refractivity contribution in [1.82, 2.24) is 5.32 Å². The first kappa shape index (κ1) is 7.12. The van der Waals surface area contributed by atoms with E-state index < -0.39 is 5.97 Å². The topological polar surface area (TPSA) is 49.3 Å². The lowest BCUT2D eigenvalue weighted by atomic mass is 10.5. The molecule has 1 aliphatic carbocycles. The largest absolute Gasteiger partial charge is 0.478 e. The number of hydrogen-bond donors (Lipinski definition) is 2. The molecule has 0 radical (unpaired) electrons. The molecule has 1 fully saturated rings. The van der Waals surface area contributed by atoms with Crippen LogP contribution in [0.1, 0.15) is 13.3 Å². The molecule has 3 nitrogen and oxygen atoms in total. The first-order valence-electron chi connectivity index (χ1n) is 3.35. The Kier molecular flexibility index (Phi) is 1.94. The monoisotopic (exact) mass is 141 g/mol. The molecule has 2 unspecified atom stereocenters. The summed E-state index contributed by atoms with van der Waals surface area (Å²) in [5.41, 5.74) is 0. The van der Waals surface area contributed by atoms with Crippen molar-refractivity contribution in [2.75, 3.05) is 0 Å². The number of carbonyl (C=O) groups is 1. The second kappa shape index (κ2) is 2.73. The van der Waals surface area contributed by atoms with Crippen LogP contribution in [0.5, 0.6) is 0 Å². The third-order valence-corrected chi connectivity index (χ3v) is 1.65. The molecule has 3 heteroatoms. The molecule has 0 spiro atoms. The van der Waals surface area contributed by atoms with Gasteiger partial charge >= 0.3 is 5.97 Å². The number of hydrogen-bond acceptors (Lipinski definition) is 2. The molecule has 0 aromatic heterocycles. The van der Waals surface area contributed by atoms with E-state index in [1.165, 1.54) is 6.20 Å². The van der Waals surface area contributed by atoms with Gasteiger partial charge in [-0.05, 0) is 12.3 Å². The van der Waals surface area contributed by atoms with Gasteiger partial charge < -0.3 is 10.4 Å². The summed E-state index contributed by atoms with van der Waals surface area (Å²) in [6, 6.07) is 0.510. The van der Waals surface area contributed by atoms with Crippen molar-refractivity contribution in [2.24, 2.45) is 5.92 Å². The Bertz CT molecular complexity index is 165. The minimum Gasteiger partial charge on any atom is -0.478 e. The average Bonchev–Trinajstić information content (AvgIpc) is 2.46. The number of carboxylic acids is 1. The normalized spacial score (nSPS) is 30.5. The van der Waals surface area contributed by atoms with Gasteiger partial charge in [-0.2, -0.15) is 0 Å². The summed E-state index contributed by atoms with van der Waals surface area (Å²) < 4.78 is 0. The van der Waals surface area contributed by atoms with Crippen molar-refractivity contribution in [1.29, 1.82) is 0 Å². The van der Waals surface area contributed by atoms with Crippen molar-refractivity contribution >= 4 is 5.97 Å². The van der Waals surface area contributed by atoms with Gasteiger partial charge in [0, 0.05) is 18.3 Å². The quantitative estimate of drug-likeness (QED) is 0.565. The minimum atomic E-state index is -0.902. The van der Waals surface area contributed by atoms with Crippen LogP contribution < -0.4 is 5.32 Å². The minimum absolute atomic E-state index is 0.510. The van der Waals surface area contributed by atoms with Gasteiger partial charge in [-0.25, -0.2) is 4.79 Å². The van der Waals surface area contributed by atoms with Crippen LogP contribution in [0.3, 0.4) is 0 Å². The maximum Gasteiger partial charge on any atom is 0.329 e. The molecule has 1 aliphatic rings. The van der Waals surface area contributed by atoms with Crippen LogP contribution in [-0.2, 0) is 4.79 Å². The Morgan fingerprint density at radius 2 is 2.40 bits per heavy atom. The van der Waals surface area contributed by atoms with E-state index in [1.807, 2.05) is 0 Å². The van der Waals surface area contributed by atoms with E-state index in [0.29, 0.717) is 12.0 Å². The molecule has 2 N–H and O–H groups in total. The van der Waals surface area contributed by atoms with Crippen LogP contribution >= 0.6 is 0 Å². The van der Waals surface area contributed by atoms with Gasteiger partial charge in [0.15, 0.2) is 0 Å². The fraction of sp³-hybridized carbons (Fsp3) is 0.571. The van der Waals surface area contributed by atoms with Gasteiger partial charge in [0.25, 0.3) is 0 Å². The zero-order chi connectivity index (χ0) is 7.56. The Hall–Kier alpha value is -0.990. The fourth-order valence-corrected chi connectivity index (χ4v) is 0.797. The maximum atomic E-state index is 9.96. The highest BCUT2D eigenvalue weighted by Gasteiger charge is 2.30. The van der Waals surface area contributed by atoms with E-state index in [2.05, 4.69) is 12.2 Å². The molecule has 0 bridgehead atoms. The number of nitrogens with one attached hydrogen (secondary N) is 1. The van der Waals surface area contributed by atoms with Crippen molar-refractivity contribution < 1.29 is 9.90 Å². The molecule has 0 aromatic carbocycles. The molecule has 1 saturated carbocycles. The summed E-state index contributed by atoms with van der Waals surface area (Å²) in [5.74, 6) is -0.195. The van der Waals surface area contributed by atoms with Crippen molar-refractivity contribution in [3.63, 3.8) is 0 Å². The predicted octanol–water partition coefficient (Wildman–Crippen LogP) is 0.583. The zero-order valence-corrected chi connectivity index (χ0v) is 5.87. The van der Waals surface area contributed by atoms with Crippen molar-refractivity contribution in [2.45, 2.75) is 19.4 Å². The van der Waals surface area contributed by atoms with Gasteiger partial charge in [-0.3, -0.25) is 0 Å². The van der Waals surface area contributed by atoms with Crippen LogP contribution in [-0.4, -0.2) is 17.1 Å². The lowest BCUT2D eigenvalue weighted by Gasteiger charge is -1.92. The number of rotatable bonds is 3. The molecule has 1 rings (SSSR count). The SMILES string of the molecule is CC1CC1N/C=C/C(=O)O. The van der Waals surface area contributed by atoms with Crippen molar-refractivity contribution in [3.8, 4) is 0 Å². The lowest BCUT2D eigenvalue weighted by Crippen LogP contribution is -2.09. The van der Waals surface area contributed by atoms with E-state index in [4.69, 9.17) is 5.11 Å². The van der Waals surface area contributed by atoms with E-state index in [0.717, 1.165) is 12.5 Å². The average molecular weight is 141 g/mol. The van der Waals surface area contributed by atoms with Crippen LogP contribution in [0.2, 0.25) is 0 Å². The van der Waals surface area contributed by atoms with Crippen molar-refractivity contribution in [3.05, 3.63) is 12.3 Å². The lowest BCUT2D eigenvalue weighted by molar-refractivity contribution is -0.131. The molecule has 0 amide bonds. The van der Waals surface area contributed by atoms with E-state index in [9.17, 15) is 4.79 Å². The second-order valence-corrected chi connectivity index (χ2v) is 2.66. The molecule has 10 heavy (non-hydrogen) atoms. The summed E-state index contributed by atoms with van der Waals surface area (Å²) in [6.45, 7) is 2.13. The molecule has 2 atom stereocenters. The standard InChI is InChI=1S/C7H11NO2/c1-5-4-6(5)8-3-2-7(9)10/h2-3,5-6,8H,4H2,1H3,(H,9,10)/b3-2+. The zero-order valence-electron chi connectivity index (χ0n) is 5.87. The third kappa shape index (κ3) is 2.09. The smallest absolute Gasteiger partial charge is 0.329 e. The predicted molar refractivity (Wildman–Crippen MR) is 37.5 cm³/mol. The summed E-state index contributed by atoms with van der Waals surface area (Å²) in [6.07, 6.45) is 3.77. The van der Waals surface area contributed by atoms with Crippen LogP contribution in [0, 0.1) is 5.92 Å². The molecule has 0 aliphatic heterocycles. The Morgan fingerprint density at radius 1 is 1.80 bits per heavy atom. The van der Waals surface area contributed by atoms with E-state index in [1.54, 1.807) is 0 Å². The molecule has 0 heterocycles. The van der Waals surface area contributed by atoms with Gasteiger partial charge in [0.05, 0.1) is 0 Å². The first-order chi connectivity index (χ1) is 4.70. The summed E-state index contributed by atoms with van der Waals surface area (Å²) in [7, 11) is 0. The Balaban J connectivity index is 2.11. The van der Waals surface area contributed by atoms with Gasteiger partial charge in [0.2, 0.25) is 0 Å². The first-order valence-corrected chi connectivity index (χ1v) is 3.35. The number of carboxylic acid groups (broad SMARTS) is 1. The van der Waals surface area contributed by atoms with Crippen LogP contribution in [0.15, 0.2) is 12.3 Å². The Labute approximate surface area is 59.7 Å². The highest BCUT2D eigenvalue weighted by atomic mass is 16.4. The summed E-state index contributed by atoms with van der Waals surface area (Å²) in [5, 5.41) is 11.2. The van der Waals surface area contributed by atoms with Crippen LogP contribution in [0.4, 0.5) is 0 Å². The van der Waals surface area contributed by atoms with E-state index >= 15 is 0 Å². The van der Waals surface area contributed by atoms with E-state index in [-0.39, 0.29) is 0 Å². The molecule has 56 valence electrons. The summed E-state index contributed by atoms with van der Waals surface area (Å²) in [4.78, 5) is 9.96. The molecule has 0 aromatic rings.